The lowest BCUT2D eigenvalue weighted by Gasteiger charge is -2.14. The SMILES string of the molecule is C[C@H](OC(=O)c1ccc(Cl)cc1O)C(=O)Nc1ccc(C(N)=O)cc1. The summed E-state index contributed by atoms with van der Waals surface area (Å²) in [6, 6.07) is 9.83. The number of nitrogens with two attached hydrogens (primary N) is 1. The fraction of sp³-hybridized carbons (Fsp3) is 0.118. The zero-order valence-electron chi connectivity index (χ0n) is 13.2. The second-order valence-electron chi connectivity index (χ2n) is 5.14. The molecule has 0 unspecified atom stereocenters. The van der Waals surface area contributed by atoms with Gasteiger partial charge in [-0.3, -0.25) is 9.59 Å². The molecule has 0 saturated heterocycles. The largest absolute Gasteiger partial charge is 0.507 e. The van der Waals surface area contributed by atoms with E-state index in [4.69, 9.17) is 22.1 Å². The highest BCUT2D eigenvalue weighted by Crippen LogP contribution is 2.23. The van der Waals surface area contributed by atoms with Gasteiger partial charge in [-0.15, -0.1) is 0 Å². The summed E-state index contributed by atoms with van der Waals surface area (Å²) in [7, 11) is 0. The number of hydrogen-bond acceptors (Lipinski definition) is 5. The standard InChI is InChI=1S/C17H15ClN2O5/c1-9(25-17(24)13-7-4-11(18)8-14(13)21)16(23)20-12-5-2-10(3-6-12)15(19)22/h2-9,21H,1H3,(H2,19,22)(H,20,23)/t9-/m0/s1. The summed E-state index contributed by atoms with van der Waals surface area (Å²) in [4.78, 5) is 35.1. The van der Waals surface area contributed by atoms with Crippen LogP contribution in [0.4, 0.5) is 5.69 Å². The van der Waals surface area contributed by atoms with Gasteiger partial charge in [-0.1, -0.05) is 11.6 Å². The van der Waals surface area contributed by atoms with E-state index >= 15 is 0 Å². The van der Waals surface area contributed by atoms with Crippen LogP contribution >= 0.6 is 11.6 Å². The number of rotatable bonds is 5. The number of anilines is 1. The van der Waals surface area contributed by atoms with Gasteiger partial charge in [-0.05, 0) is 49.4 Å². The molecule has 0 bridgehead atoms. The number of halogens is 1. The molecule has 0 fully saturated rings. The quantitative estimate of drug-likeness (QED) is 0.705. The molecule has 0 heterocycles. The molecule has 0 aromatic heterocycles. The molecule has 2 aromatic carbocycles. The summed E-state index contributed by atoms with van der Waals surface area (Å²) in [5.41, 5.74) is 5.74. The molecule has 130 valence electrons. The zero-order chi connectivity index (χ0) is 18.6. The molecular weight excluding hydrogens is 348 g/mol. The average Bonchev–Trinajstić information content (AvgIpc) is 2.55. The third-order valence-electron chi connectivity index (χ3n) is 3.27. The minimum atomic E-state index is -1.11. The van der Waals surface area contributed by atoms with Gasteiger partial charge in [0.25, 0.3) is 5.91 Å². The number of nitrogens with one attached hydrogen (secondary N) is 1. The van der Waals surface area contributed by atoms with Crippen molar-refractivity contribution in [3.63, 3.8) is 0 Å². The molecule has 1 atom stereocenters. The summed E-state index contributed by atoms with van der Waals surface area (Å²) in [5, 5.41) is 12.5. The van der Waals surface area contributed by atoms with Gasteiger partial charge < -0.3 is 20.9 Å². The maximum Gasteiger partial charge on any atom is 0.342 e. The minimum Gasteiger partial charge on any atom is -0.507 e. The van der Waals surface area contributed by atoms with Crippen molar-refractivity contribution in [2.24, 2.45) is 5.73 Å². The summed E-state index contributed by atoms with van der Waals surface area (Å²) in [6.45, 7) is 1.39. The molecule has 0 saturated carbocycles. The highest BCUT2D eigenvalue weighted by molar-refractivity contribution is 6.30. The van der Waals surface area contributed by atoms with Crippen molar-refractivity contribution in [2.75, 3.05) is 5.32 Å². The third kappa shape index (κ3) is 4.71. The van der Waals surface area contributed by atoms with Crippen molar-refractivity contribution in [1.82, 2.24) is 0 Å². The van der Waals surface area contributed by atoms with Gasteiger partial charge in [0.1, 0.15) is 11.3 Å². The Bertz CT molecular complexity index is 820. The van der Waals surface area contributed by atoms with Crippen LogP contribution in [0.3, 0.4) is 0 Å². The van der Waals surface area contributed by atoms with Crippen molar-refractivity contribution in [1.29, 1.82) is 0 Å². The fourth-order valence-electron chi connectivity index (χ4n) is 1.92. The molecule has 25 heavy (non-hydrogen) atoms. The van der Waals surface area contributed by atoms with E-state index in [-0.39, 0.29) is 16.3 Å². The van der Waals surface area contributed by atoms with Crippen LogP contribution < -0.4 is 11.1 Å². The number of hydrogen-bond donors (Lipinski definition) is 3. The van der Waals surface area contributed by atoms with Gasteiger partial charge in [0.2, 0.25) is 5.91 Å². The smallest absolute Gasteiger partial charge is 0.342 e. The molecule has 0 spiro atoms. The Kier molecular flexibility index (Phi) is 5.61. The molecular formula is C17H15ClN2O5. The maximum atomic E-state index is 12.1. The van der Waals surface area contributed by atoms with Crippen LogP contribution in [-0.2, 0) is 9.53 Å². The fourth-order valence-corrected chi connectivity index (χ4v) is 2.08. The van der Waals surface area contributed by atoms with Gasteiger partial charge in [-0.2, -0.15) is 0 Å². The van der Waals surface area contributed by atoms with Crippen LogP contribution in [0.15, 0.2) is 42.5 Å². The van der Waals surface area contributed by atoms with Gasteiger partial charge in [0.05, 0.1) is 0 Å². The zero-order valence-corrected chi connectivity index (χ0v) is 13.9. The Morgan fingerprint density at radius 2 is 1.80 bits per heavy atom. The number of amides is 2. The Morgan fingerprint density at radius 1 is 1.16 bits per heavy atom. The van der Waals surface area contributed by atoms with Crippen molar-refractivity contribution in [2.45, 2.75) is 13.0 Å². The number of carbonyl (C=O) groups is 3. The molecule has 0 aliphatic carbocycles. The Balaban J connectivity index is 1.99. The molecule has 4 N–H and O–H groups in total. The van der Waals surface area contributed by atoms with E-state index in [1.54, 1.807) is 0 Å². The lowest BCUT2D eigenvalue weighted by molar-refractivity contribution is -0.123. The van der Waals surface area contributed by atoms with E-state index in [0.717, 1.165) is 0 Å². The first-order chi connectivity index (χ1) is 11.8. The lowest BCUT2D eigenvalue weighted by Crippen LogP contribution is -2.30. The first kappa shape index (κ1) is 18.3. The highest BCUT2D eigenvalue weighted by Gasteiger charge is 2.21. The van der Waals surface area contributed by atoms with Gasteiger partial charge in [0, 0.05) is 16.3 Å². The Labute approximate surface area is 148 Å². The number of esters is 1. The normalized spacial score (nSPS) is 11.4. The first-order valence-electron chi connectivity index (χ1n) is 7.18. The summed E-state index contributed by atoms with van der Waals surface area (Å²) < 4.78 is 5.02. The van der Waals surface area contributed by atoms with Crippen molar-refractivity contribution in [3.05, 3.63) is 58.6 Å². The highest BCUT2D eigenvalue weighted by atomic mass is 35.5. The number of primary amides is 1. The predicted molar refractivity (Wildman–Crippen MR) is 91.6 cm³/mol. The second kappa shape index (κ2) is 7.67. The second-order valence-corrected chi connectivity index (χ2v) is 5.58. The van der Waals surface area contributed by atoms with Crippen molar-refractivity contribution < 1.29 is 24.2 Å². The molecule has 0 aliphatic rings. The van der Waals surface area contributed by atoms with E-state index in [0.29, 0.717) is 11.3 Å². The minimum absolute atomic E-state index is 0.102. The number of ether oxygens (including phenoxy) is 1. The van der Waals surface area contributed by atoms with Crippen molar-refractivity contribution in [3.8, 4) is 5.75 Å². The average molecular weight is 363 g/mol. The van der Waals surface area contributed by atoms with Crippen LogP contribution in [0.25, 0.3) is 0 Å². The monoisotopic (exact) mass is 362 g/mol. The van der Waals surface area contributed by atoms with E-state index in [9.17, 15) is 19.5 Å². The summed E-state index contributed by atoms with van der Waals surface area (Å²) in [6.07, 6.45) is -1.11. The number of phenols is 1. The van der Waals surface area contributed by atoms with E-state index in [1.807, 2.05) is 0 Å². The van der Waals surface area contributed by atoms with Crippen LogP contribution in [0.1, 0.15) is 27.6 Å². The van der Waals surface area contributed by atoms with Gasteiger partial charge in [0.15, 0.2) is 6.10 Å². The summed E-state index contributed by atoms with van der Waals surface area (Å²) in [5.74, 6) is -2.36. The van der Waals surface area contributed by atoms with Crippen LogP contribution in [-0.4, -0.2) is 29.0 Å². The van der Waals surface area contributed by atoms with E-state index in [2.05, 4.69) is 5.32 Å². The van der Waals surface area contributed by atoms with Gasteiger partial charge >= 0.3 is 5.97 Å². The number of aromatic hydroxyl groups is 1. The number of carbonyl (C=O) groups excluding carboxylic acids is 3. The van der Waals surface area contributed by atoms with Crippen LogP contribution in [0.2, 0.25) is 5.02 Å². The Hall–Kier alpha value is -3.06. The molecule has 2 aromatic rings. The molecule has 0 radical (unpaired) electrons. The molecule has 2 amide bonds. The number of benzene rings is 2. The lowest BCUT2D eigenvalue weighted by atomic mass is 10.2. The van der Waals surface area contributed by atoms with E-state index in [1.165, 1.54) is 49.4 Å². The van der Waals surface area contributed by atoms with E-state index < -0.39 is 23.9 Å². The molecule has 7 nitrogen and oxygen atoms in total. The Morgan fingerprint density at radius 3 is 2.36 bits per heavy atom. The number of phenolic OH excluding ortho intramolecular Hbond substituents is 1. The van der Waals surface area contributed by atoms with Crippen LogP contribution in [0, 0.1) is 0 Å². The van der Waals surface area contributed by atoms with Gasteiger partial charge in [-0.25, -0.2) is 4.79 Å². The predicted octanol–water partition coefficient (Wildman–Crippen LogP) is 2.33. The maximum absolute atomic E-state index is 12.1. The van der Waals surface area contributed by atoms with Crippen LogP contribution in [0.5, 0.6) is 5.75 Å². The third-order valence-corrected chi connectivity index (χ3v) is 3.50. The summed E-state index contributed by atoms with van der Waals surface area (Å²) >= 11 is 5.69. The molecule has 0 aliphatic heterocycles. The molecule has 2 rings (SSSR count). The van der Waals surface area contributed by atoms with Crippen molar-refractivity contribution >= 4 is 35.1 Å². The topological polar surface area (TPSA) is 119 Å². The first-order valence-corrected chi connectivity index (χ1v) is 7.56. The molecule has 8 heteroatoms.